The number of ether oxygens (including phenoxy) is 2. The standard InChI is InChI=1S/C31H25N5O5S/c1-40-21-11-7-18(25(13-21)41-2)8-12-24(37)17-5-9-20(10-6-17)36-27(38)14-26(31(36)39)42-30-23(16-33)28(19-3-4-19)22(15-32)29(34)35-30/h5-13,19,26H,3-4,14H2,1-2H3,(H2,34,35)/b12-8+. The van der Waals surface area contributed by atoms with Crippen molar-refractivity contribution in [1.29, 1.82) is 10.5 Å². The topological polar surface area (TPSA) is 159 Å². The predicted octanol–water partition coefficient (Wildman–Crippen LogP) is 4.62. The van der Waals surface area contributed by atoms with Crippen LogP contribution in [0.2, 0.25) is 0 Å². The molecule has 1 aliphatic carbocycles. The Balaban J connectivity index is 1.32. The monoisotopic (exact) mass is 579 g/mol. The van der Waals surface area contributed by atoms with Crippen LogP contribution in [-0.4, -0.2) is 42.1 Å². The molecule has 5 rings (SSSR count). The molecule has 2 aliphatic rings. The van der Waals surface area contributed by atoms with Crippen LogP contribution < -0.4 is 20.1 Å². The quantitative estimate of drug-likeness (QED) is 0.215. The summed E-state index contributed by atoms with van der Waals surface area (Å²) in [5, 5.41) is 18.8. The lowest BCUT2D eigenvalue weighted by Gasteiger charge is -2.16. The van der Waals surface area contributed by atoms with Crippen LogP contribution in [0.4, 0.5) is 11.5 Å². The summed E-state index contributed by atoms with van der Waals surface area (Å²) in [5.74, 6) is 0.106. The Hall–Kier alpha value is -5.13. The molecule has 1 atom stereocenters. The second-order valence-corrected chi connectivity index (χ2v) is 10.9. The first kappa shape index (κ1) is 28.4. The van der Waals surface area contributed by atoms with Crippen LogP contribution in [-0.2, 0) is 9.59 Å². The first-order valence-electron chi connectivity index (χ1n) is 13.0. The number of pyridine rings is 1. The Morgan fingerprint density at radius 2 is 1.79 bits per heavy atom. The van der Waals surface area contributed by atoms with Crippen molar-refractivity contribution in [3.63, 3.8) is 0 Å². The van der Waals surface area contributed by atoms with E-state index < -0.39 is 17.1 Å². The largest absolute Gasteiger partial charge is 0.497 e. The zero-order chi connectivity index (χ0) is 30.0. The van der Waals surface area contributed by atoms with E-state index in [0.717, 1.165) is 29.5 Å². The number of ketones is 1. The van der Waals surface area contributed by atoms with E-state index in [-0.39, 0.29) is 40.1 Å². The molecule has 0 bridgehead atoms. The van der Waals surface area contributed by atoms with E-state index >= 15 is 0 Å². The van der Waals surface area contributed by atoms with Crippen molar-refractivity contribution < 1.29 is 23.9 Å². The van der Waals surface area contributed by atoms with E-state index in [1.165, 1.54) is 13.2 Å². The van der Waals surface area contributed by atoms with Crippen molar-refractivity contribution in [3.05, 3.63) is 76.4 Å². The number of carbonyl (C=O) groups excluding carboxylic acids is 3. The van der Waals surface area contributed by atoms with E-state index in [2.05, 4.69) is 11.1 Å². The molecule has 42 heavy (non-hydrogen) atoms. The number of thioether (sulfide) groups is 1. The summed E-state index contributed by atoms with van der Waals surface area (Å²) in [6.45, 7) is 0. The number of hydrogen-bond donors (Lipinski definition) is 1. The van der Waals surface area contributed by atoms with Crippen LogP contribution >= 0.6 is 11.8 Å². The molecule has 1 aromatic heterocycles. The van der Waals surface area contributed by atoms with Crippen LogP contribution in [0.5, 0.6) is 11.5 Å². The highest BCUT2D eigenvalue weighted by atomic mass is 32.2. The maximum absolute atomic E-state index is 13.3. The number of nitrogen functional groups attached to an aromatic ring is 1. The number of hydrogen-bond acceptors (Lipinski definition) is 10. The molecule has 3 aromatic rings. The van der Waals surface area contributed by atoms with Crippen molar-refractivity contribution in [2.75, 3.05) is 24.9 Å². The van der Waals surface area contributed by atoms with Gasteiger partial charge in [-0.2, -0.15) is 10.5 Å². The van der Waals surface area contributed by atoms with Crippen LogP contribution in [0.1, 0.15) is 57.8 Å². The number of anilines is 2. The first-order valence-corrected chi connectivity index (χ1v) is 13.9. The van der Waals surface area contributed by atoms with Gasteiger partial charge in [0.15, 0.2) is 5.78 Å². The minimum Gasteiger partial charge on any atom is -0.497 e. The third-order valence-corrected chi connectivity index (χ3v) is 8.24. The van der Waals surface area contributed by atoms with Crippen molar-refractivity contribution in [1.82, 2.24) is 4.98 Å². The third kappa shape index (κ3) is 5.42. The molecule has 1 aliphatic heterocycles. The van der Waals surface area contributed by atoms with Crippen LogP contribution in [0, 0.1) is 22.7 Å². The van der Waals surface area contributed by atoms with Crippen LogP contribution in [0.15, 0.2) is 53.6 Å². The predicted molar refractivity (Wildman–Crippen MR) is 156 cm³/mol. The molecule has 210 valence electrons. The van der Waals surface area contributed by atoms with Gasteiger partial charge in [0.05, 0.1) is 36.3 Å². The Morgan fingerprint density at radius 3 is 2.40 bits per heavy atom. The average Bonchev–Trinajstić information content (AvgIpc) is 3.80. The summed E-state index contributed by atoms with van der Waals surface area (Å²) in [5.41, 5.74) is 8.43. The zero-order valence-corrected chi connectivity index (χ0v) is 23.6. The third-order valence-electron chi connectivity index (χ3n) is 7.06. The van der Waals surface area contributed by atoms with Gasteiger partial charge in [0.1, 0.15) is 34.5 Å². The normalized spacial score (nSPS) is 16.4. The second-order valence-electron chi connectivity index (χ2n) is 9.69. The Bertz CT molecular complexity index is 1720. The number of methoxy groups -OCH3 is 2. The lowest BCUT2D eigenvalue weighted by Crippen LogP contribution is -2.31. The van der Waals surface area contributed by atoms with E-state index in [0.29, 0.717) is 33.9 Å². The van der Waals surface area contributed by atoms with Gasteiger partial charge in [0.2, 0.25) is 11.8 Å². The average molecular weight is 580 g/mol. The smallest absolute Gasteiger partial charge is 0.247 e. The van der Waals surface area contributed by atoms with Gasteiger partial charge in [0, 0.05) is 23.6 Å². The summed E-state index contributed by atoms with van der Waals surface area (Å²) in [6.07, 6.45) is 4.64. The lowest BCUT2D eigenvalue weighted by atomic mass is 10.0. The number of rotatable bonds is 9. The number of aromatic nitrogens is 1. The summed E-state index contributed by atoms with van der Waals surface area (Å²) in [6, 6.07) is 15.6. The van der Waals surface area contributed by atoms with Gasteiger partial charge in [0.25, 0.3) is 0 Å². The molecule has 11 heteroatoms. The molecule has 2 heterocycles. The molecular formula is C31H25N5O5S. The number of amides is 2. The molecule has 1 saturated carbocycles. The molecule has 1 unspecified atom stereocenters. The Kier molecular flexibility index (Phi) is 7.96. The zero-order valence-electron chi connectivity index (χ0n) is 22.8. The molecular weight excluding hydrogens is 554 g/mol. The van der Waals surface area contributed by atoms with Crippen LogP contribution in [0.25, 0.3) is 6.08 Å². The van der Waals surface area contributed by atoms with Crippen molar-refractivity contribution in [2.45, 2.75) is 35.5 Å². The molecule has 2 aromatic carbocycles. The molecule has 2 N–H and O–H groups in total. The summed E-state index contributed by atoms with van der Waals surface area (Å²) in [7, 11) is 3.08. The molecule has 0 radical (unpaired) electrons. The number of allylic oxidation sites excluding steroid dienone is 1. The molecule has 10 nitrogen and oxygen atoms in total. The summed E-state index contributed by atoms with van der Waals surface area (Å²) >= 11 is 1.01. The van der Waals surface area contributed by atoms with Crippen molar-refractivity contribution >= 4 is 46.9 Å². The van der Waals surface area contributed by atoms with Gasteiger partial charge >= 0.3 is 0 Å². The second kappa shape index (κ2) is 11.8. The maximum atomic E-state index is 13.3. The highest BCUT2D eigenvalue weighted by Crippen LogP contribution is 2.47. The van der Waals surface area contributed by atoms with Gasteiger partial charge in [-0.15, -0.1) is 0 Å². The van der Waals surface area contributed by atoms with Gasteiger partial charge in [-0.3, -0.25) is 14.4 Å². The van der Waals surface area contributed by atoms with E-state index in [1.54, 1.807) is 55.7 Å². The number of nitrogens with zero attached hydrogens (tertiary/aromatic N) is 4. The molecule has 2 fully saturated rings. The summed E-state index contributed by atoms with van der Waals surface area (Å²) < 4.78 is 10.6. The van der Waals surface area contributed by atoms with Crippen molar-refractivity contribution in [3.8, 4) is 23.6 Å². The van der Waals surface area contributed by atoms with Gasteiger partial charge in [-0.1, -0.05) is 11.8 Å². The van der Waals surface area contributed by atoms with Crippen molar-refractivity contribution in [2.24, 2.45) is 0 Å². The Morgan fingerprint density at radius 1 is 1.07 bits per heavy atom. The maximum Gasteiger partial charge on any atom is 0.247 e. The number of benzene rings is 2. The van der Waals surface area contributed by atoms with Crippen LogP contribution in [0.3, 0.4) is 0 Å². The molecule has 2 amide bonds. The number of carbonyl (C=O) groups is 3. The Labute approximate surface area is 246 Å². The highest BCUT2D eigenvalue weighted by molar-refractivity contribution is 8.00. The summed E-state index contributed by atoms with van der Waals surface area (Å²) in [4.78, 5) is 44.4. The van der Waals surface area contributed by atoms with E-state index in [4.69, 9.17) is 15.2 Å². The fourth-order valence-electron chi connectivity index (χ4n) is 4.79. The van der Waals surface area contributed by atoms with E-state index in [1.807, 2.05) is 6.07 Å². The lowest BCUT2D eigenvalue weighted by molar-refractivity contribution is -0.121. The number of nitriles is 2. The fraction of sp³-hybridized carbons (Fsp3) is 0.226. The highest BCUT2D eigenvalue weighted by Gasteiger charge is 2.42. The molecule has 0 spiro atoms. The van der Waals surface area contributed by atoms with Gasteiger partial charge in [-0.25, -0.2) is 9.88 Å². The SMILES string of the molecule is COc1ccc(/C=C/C(=O)c2ccc(N3C(=O)CC(Sc4nc(N)c(C#N)c(C5CC5)c4C#N)C3=O)cc2)c(OC)c1. The first-order chi connectivity index (χ1) is 20.3. The minimum absolute atomic E-state index is 0.00858. The fourth-order valence-corrected chi connectivity index (χ4v) is 5.91. The number of nitrogens with two attached hydrogens (primary N) is 1. The van der Waals surface area contributed by atoms with Gasteiger partial charge in [-0.05, 0) is 72.9 Å². The van der Waals surface area contributed by atoms with Gasteiger partial charge < -0.3 is 15.2 Å². The number of imide groups is 1. The molecule has 1 saturated heterocycles. The minimum atomic E-state index is -0.819. The van der Waals surface area contributed by atoms with E-state index in [9.17, 15) is 24.9 Å².